The van der Waals surface area contributed by atoms with Gasteiger partial charge in [-0.15, -0.1) is 5.11 Å². The highest BCUT2D eigenvalue weighted by molar-refractivity contribution is 9.10. The van der Waals surface area contributed by atoms with Crippen LogP contribution in [-0.2, 0) is 4.79 Å². The van der Waals surface area contributed by atoms with Gasteiger partial charge in [-0.25, -0.2) is 0 Å². The van der Waals surface area contributed by atoms with E-state index in [-0.39, 0.29) is 29.7 Å². The van der Waals surface area contributed by atoms with Crippen LogP contribution in [0.25, 0.3) is 0 Å². The van der Waals surface area contributed by atoms with Crippen molar-refractivity contribution in [3.05, 3.63) is 34.2 Å². The van der Waals surface area contributed by atoms with E-state index in [0.29, 0.717) is 11.1 Å². The fourth-order valence-electron chi connectivity index (χ4n) is 2.48. The lowest BCUT2D eigenvalue weighted by molar-refractivity contribution is -0.114. The average molecular weight is 338 g/mol. The van der Waals surface area contributed by atoms with Gasteiger partial charge in [0.05, 0.1) is 6.04 Å². The van der Waals surface area contributed by atoms with Crippen molar-refractivity contribution in [2.75, 3.05) is 0 Å². The molecule has 0 aromatic carbocycles. The maximum absolute atomic E-state index is 12.0. The van der Waals surface area contributed by atoms with Gasteiger partial charge in [0.1, 0.15) is 0 Å². The fourth-order valence-corrected chi connectivity index (χ4v) is 2.79. The molecule has 2 heterocycles. The number of nitrogens with zero attached hydrogens (tertiary/aromatic N) is 2. The van der Waals surface area contributed by atoms with Gasteiger partial charge in [-0.1, -0.05) is 0 Å². The van der Waals surface area contributed by atoms with Crippen LogP contribution in [-0.4, -0.2) is 23.9 Å². The average Bonchev–Trinajstić information content (AvgIpc) is 2.85. The predicted octanol–water partition coefficient (Wildman–Crippen LogP) is 2.61. The number of amides is 2. The molecular weight excluding hydrogens is 326 g/mol. The van der Waals surface area contributed by atoms with Gasteiger partial charge in [-0.2, -0.15) is 5.11 Å². The summed E-state index contributed by atoms with van der Waals surface area (Å²) >= 11 is 3.16. The lowest BCUT2D eigenvalue weighted by Crippen LogP contribution is -2.39. The summed E-state index contributed by atoms with van der Waals surface area (Å²) < 4.78 is 5.73. The smallest absolute Gasteiger partial charge is 0.287 e. The third-order valence-electron chi connectivity index (χ3n) is 3.44. The molecule has 1 aliphatic heterocycles. The van der Waals surface area contributed by atoms with Crippen molar-refractivity contribution in [2.24, 2.45) is 10.2 Å². The van der Waals surface area contributed by atoms with E-state index in [4.69, 9.17) is 4.42 Å². The minimum absolute atomic E-state index is 0.00129. The Labute approximate surface area is 123 Å². The number of hydrogen-bond donors (Lipinski definition) is 1. The van der Waals surface area contributed by atoms with Crippen LogP contribution < -0.4 is 5.32 Å². The Hall–Kier alpha value is -1.76. The molecule has 2 aliphatic rings. The fraction of sp³-hybridized carbons (Fsp3) is 0.385. The van der Waals surface area contributed by atoms with Crippen molar-refractivity contribution in [1.82, 2.24) is 5.32 Å². The highest BCUT2D eigenvalue weighted by Crippen LogP contribution is 2.29. The van der Waals surface area contributed by atoms with Gasteiger partial charge >= 0.3 is 0 Å². The zero-order valence-electron chi connectivity index (χ0n) is 10.5. The van der Waals surface area contributed by atoms with Crippen molar-refractivity contribution in [1.29, 1.82) is 0 Å². The molecule has 3 rings (SSSR count). The van der Waals surface area contributed by atoms with Gasteiger partial charge in [0.15, 0.2) is 10.4 Å². The molecule has 7 heteroatoms. The zero-order valence-corrected chi connectivity index (χ0v) is 12.1. The van der Waals surface area contributed by atoms with Crippen LogP contribution in [0.15, 0.2) is 43.1 Å². The molecule has 0 bridgehead atoms. The van der Waals surface area contributed by atoms with Gasteiger partial charge in [0, 0.05) is 12.1 Å². The number of nitrogens with one attached hydrogen (secondary N) is 1. The molecule has 1 saturated carbocycles. The number of furan rings is 1. The molecule has 0 radical (unpaired) electrons. The van der Waals surface area contributed by atoms with Gasteiger partial charge < -0.3 is 9.73 Å². The van der Waals surface area contributed by atoms with Gasteiger partial charge in [0.2, 0.25) is 0 Å². The molecule has 1 aromatic heterocycles. The van der Waals surface area contributed by atoms with E-state index in [1.807, 2.05) is 0 Å². The molecule has 0 saturated heterocycles. The van der Waals surface area contributed by atoms with Crippen LogP contribution in [0.1, 0.15) is 29.8 Å². The van der Waals surface area contributed by atoms with E-state index < -0.39 is 0 Å². The van der Waals surface area contributed by atoms with Crippen molar-refractivity contribution < 1.29 is 14.0 Å². The van der Waals surface area contributed by atoms with Crippen LogP contribution in [0.5, 0.6) is 0 Å². The van der Waals surface area contributed by atoms with Gasteiger partial charge in [0.25, 0.3) is 11.8 Å². The van der Waals surface area contributed by atoms with Crippen LogP contribution in [0, 0.1) is 0 Å². The number of carbonyl (C=O) groups excluding carboxylic acids is 2. The first-order chi connectivity index (χ1) is 9.61. The quantitative estimate of drug-likeness (QED) is 0.900. The predicted molar refractivity (Wildman–Crippen MR) is 73.2 cm³/mol. The number of fused-ring (bicyclic) bond motifs is 1. The summed E-state index contributed by atoms with van der Waals surface area (Å²) in [5, 5.41) is 10.4. The molecule has 1 N–H and O–H groups in total. The number of hydrogen-bond acceptors (Lipinski definition) is 4. The Morgan fingerprint density at radius 2 is 2.25 bits per heavy atom. The maximum atomic E-state index is 12.0. The molecule has 6 nitrogen and oxygen atoms in total. The molecule has 2 amide bonds. The van der Waals surface area contributed by atoms with Crippen LogP contribution in [0.2, 0.25) is 0 Å². The lowest BCUT2D eigenvalue weighted by atomic mass is 9.86. The maximum Gasteiger partial charge on any atom is 0.287 e. The summed E-state index contributed by atoms with van der Waals surface area (Å²) in [6, 6.07) is 3.28. The van der Waals surface area contributed by atoms with Crippen LogP contribution in [0.4, 0.5) is 0 Å². The van der Waals surface area contributed by atoms with Crippen molar-refractivity contribution in [3.63, 3.8) is 0 Å². The van der Waals surface area contributed by atoms with E-state index in [1.165, 1.54) is 6.08 Å². The second kappa shape index (κ2) is 5.32. The van der Waals surface area contributed by atoms with E-state index in [2.05, 4.69) is 31.5 Å². The number of halogens is 1. The summed E-state index contributed by atoms with van der Waals surface area (Å²) in [5.41, 5.74) is 0.946. The molecule has 2 unspecified atom stereocenters. The first-order valence-electron chi connectivity index (χ1n) is 6.33. The monoisotopic (exact) mass is 337 g/mol. The molecule has 1 aromatic rings. The third-order valence-corrected chi connectivity index (χ3v) is 3.86. The van der Waals surface area contributed by atoms with E-state index in [0.717, 1.165) is 18.4 Å². The minimum atomic E-state index is -0.321. The Morgan fingerprint density at radius 1 is 1.40 bits per heavy atom. The second-order valence-electron chi connectivity index (χ2n) is 4.84. The molecule has 104 valence electrons. The van der Waals surface area contributed by atoms with Gasteiger partial charge in [-0.3, -0.25) is 9.59 Å². The Bertz CT molecular complexity index is 620. The number of azo groups is 1. The summed E-state index contributed by atoms with van der Waals surface area (Å²) in [6.45, 7) is 0. The molecular formula is C13H12BrN3O3. The summed E-state index contributed by atoms with van der Waals surface area (Å²) in [4.78, 5) is 23.2. The first-order valence-corrected chi connectivity index (χ1v) is 7.12. The van der Waals surface area contributed by atoms with E-state index in [9.17, 15) is 9.59 Å². The third kappa shape index (κ3) is 2.72. The summed E-state index contributed by atoms with van der Waals surface area (Å²) in [6.07, 6.45) is 3.75. The molecule has 20 heavy (non-hydrogen) atoms. The summed E-state index contributed by atoms with van der Waals surface area (Å²) in [5.74, 6) is -0.297. The molecule has 0 spiro atoms. The Morgan fingerprint density at radius 3 is 3.00 bits per heavy atom. The highest BCUT2D eigenvalue weighted by Gasteiger charge is 2.29. The largest absolute Gasteiger partial charge is 0.444 e. The Kier molecular flexibility index (Phi) is 3.52. The topological polar surface area (TPSA) is 84.0 Å². The molecule has 1 aliphatic carbocycles. The molecule has 2 atom stereocenters. The number of carbonyl (C=O) groups is 2. The Balaban J connectivity index is 1.65. The second-order valence-corrected chi connectivity index (χ2v) is 5.63. The lowest BCUT2D eigenvalue weighted by Gasteiger charge is -2.29. The minimum Gasteiger partial charge on any atom is -0.444 e. The number of rotatable bonds is 2. The van der Waals surface area contributed by atoms with Crippen LogP contribution in [0.3, 0.4) is 0 Å². The van der Waals surface area contributed by atoms with Crippen molar-refractivity contribution in [3.8, 4) is 0 Å². The normalized spacial score (nSPS) is 25.1. The summed E-state index contributed by atoms with van der Waals surface area (Å²) in [7, 11) is 0. The van der Waals surface area contributed by atoms with E-state index >= 15 is 0 Å². The van der Waals surface area contributed by atoms with Crippen LogP contribution >= 0.6 is 15.9 Å². The SMILES string of the molecule is O=C1C=C2CC(NC(=O)c3ccc(Br)o3)CCC2N=N1. The molecule has 1 fully saturated rings. The van der Waals surface area contributed by atoms with Gasteiger partial charge in [-0.05, 0) is 52.9 Å². The van der Waals surface area contributed by atoms with Crippen molar-refractivity contribution in [2.45, 2.75) is 31.3 Å². The first kappa shape index (κ1) is 13.2. The van der Waals surface area contributed by atoms with Crippen molar-refractivity contribution >= 4 is 27.7 Å². The standard InChI is InChI=1S/C13H12BrN3O3/c14-11-4-3-10(20-11)13(19)15-8-1-2-9-7(5-8)6-12(18)17-16-9/h3-4,6,8-9H,1-2,5H2,(H,15,19). The zero-order chi connectivity index (χ0) is 14.1. The van der Waals surface area contributed by atoms with E-state index in [1.54, 1.807) is 12.1 Å². The highest BCUT2D eigenvalue weighted by atomic mass is 79.9.